The summed E-state index contributed by atoms with van der Waals surface area (Å²) in [5.41, 5.74) is 2.54. The van der Waals surface area contributed by atoms with Gasteiger partial charge < -0.3 is 14.8 Å². The van der Waals surface area contributed by atoms with Crippen LogP contribution in [0.25, 0.3) is 0 Å². The maximum atomic E-state index is 6.19. The summed E-state index contributed by atoms with van der Waals surface area (Å²) in [6.07, 6.45) is 8.36. The number of fused-ring (bicyclic) bond motifs is 3. The summed E-state index contributed by atoms with van der Waals surface area (Å²) in [5, 5.41) is 5.99. The molecule has 0 radical (unpaired) electrons. The maximum Gasteiger partial charge on any atom is 0.142 e. The quantitative estimate of drug-likeness (QED) is 0.773. The van der Waals surface area contributed by atoms with Gasteiger partial charge in [0.25, 0.3) is 0 Å². The molecule has 2 aliphatic heterocycles. The van der Waals surface area contributed by atoms with Crippen molar-refractivity contribution in [2.24, 2.45) is 5.92 Å². The van der Waals surface area contributed by atoms with Gasteiger partial charge >= 0.3 is 0 Å². The number of hydrogen-bond donors (Lipinski definition) is 1. The van der Waals surface area contributed by atoms with Crippen molar-refractivity contribution in [3.8, 4) is 5.75 Å². The number of nitrogens with one attached hydrogen (secondary N) is 1. The number of ether oxygens (including phenoxy) is 2. The largest absolute Gasteiger partial charge is 0.489 e. The minimum atomic E-state index is 0.242. The van der Waals surface area contributed by atoms with Gasteiger partial charge in [-0.3, -0.25) is 0 Å². The van der Waals surface area contributed by atoms with Gasteiger partial charge in [-0.15, -0.1) is 11.3 Å². The van der Waals surface area contributed by atoms with Crippen molar-refractivity contribution in [1.29, 1.82) is 0 Å². The molecule has 5 rings (SSSR count). The first-order valence-electron chi connectivity index (χ1n) is 9.24. The lowest BCUT2D eigenvalue weighted by Crippen LogP contribution is -2.29. The summed E-state index contributed by atoms with van der Waals surface area (Å²) >= 11 is 1.84. The Bertz CT molecular complexity index is 764. The Morgan fingerprint density at radius 1 is 1.24 bits per heavy atom. The van der Waals surface area contributed by atoms with Crippen LogP contribution in [0, 0.1) is 5.92 Å². The fourth-order valence-corrected chi connectivity index (χ4v) is 5.27. The predicted octanol–water partition coefficient (Wildman–Crippen LogP) is 5.13. The molecule has 1 saturated heterocycles. The van der Waals surface area contributed by atoms with Crippen molar-refractivity contribution in [1.82, 2.24) is 0 Å². The Morgan fingerprint density at radius 3 is 3.08 bits per heavy atom. The lowest BCUT2D eigenvalue weighted by atomic mass is 9.79. The minimum Gasteiger partial charge on any atom is -0.489 e. The number of hydrogen-bond acceptors (Lipinski definition) is 4. The average molecular weight is 353 g/mol. The van der Waals surface area contributed by atoms with Crippen molar-refractivity contribution in [2.45, 2.75) is 37.3 Å². The van der Waals surface area contributed by atoms with Crippen LogP contribution < -0.4 is 10.1 Å². The second-order valence-corrected chi connectivity index (χ2v) is 8.14. The van der Waals surface area contributed by atoms with Crippen LogP contribution in [-0.4, -0.2) is 19.3 Å². The topological polar surface area (TPSA) is 30.5 Å². The van der Waals surface area contributed by atoms with E-state index in [4.69, 9.17) is 9.47 Å². The monoisotopic (exact) mass is 353 g/mol. The molecule has 130 valence electrons. The zero-order valence-electron chi connectivity index (χ0n) is 14.2. The average Bonchev–Trinajstić information content (AvgIpc) is 3.41. The Kier molecular flexibility index (Phi) is 4.03. The first-order chi connectivity index (χ1) is 12.4. The zero-order chi connectivity index (χ0) is 16.6. The van der Waals surface area contributed by atoms with Crippen LogP contribution in [-0.2, 0) is 4.74 Å². The molecule has 0 amide bonds. The highest BCUT2D eigenvalue weighted by molar-refractivity contribution is 7.10. The first-order valence-corrected chi connectivity index (χ1v) is 10.1. The van der Waals surface area contributed by atoms with E-state index in [1.807, 2.05) is 11.3 Å². The van der Waals surface area contributed by atoms with Crippen LogP contribution in [0.2, 0.25) is 0 Å². The Balaban J connectivity index is 1.46. The molecule has 1 N–H and O–H groups in total. The first kappa shape index (κ1) is 15.5. The lowest BCUT2D eigenvalue weighted by molar-refractivity contribution is 0.0681. The van der Waals surface area contributed by atoms with Gasteiger partial charge in [-0.2, -0.15) is 0 Å². The molecule has 4 unspecified atom stereocenters. The number of thiophene rings is 1. The Labute approximate surface area is 152 Å². The molecule has 1 aliphatic carbocycles. The Hall–Kier alpha value is -1.78. The molecule has 1 fully saturated rings. The maximum absolute atomic E-state index is 6.19. The number of anilines is 1. The van der Waals surface area contributed by atoms with Crippen LogP contribution >= 0.6 is 11.3 Å². The highest BCUT2D eigenvalue weighted by Crippen LogP contribution is 2.52. The van der Waals surface area contributed by atoms with Crippen LogP contribution in [0.5, 0.6) is 5.75 Å². The van der Waals surface area contributed by atoms with Crippen LogP contribution in [0.1, 0.15) is 41.7 Å². The molecule has 0 spiro atoms. The lowest BCUT2D eigenvalue weighted by Gasteiger charge is -2.37. The van der Waals surface area contributed by atoms with E-state index >= 15 is 0 Å². The highest BCUT2D eigenvalue weighted by atomic mass is 32.1. The zero-order valence-corrected chi connectivity index (χ0v) is 15.0. The molecule has 0 saturated carbocycles. The fourth-order valence-electron chi connectivity index (χ4n) is 4.42. The van der Waals surface area contributed by atoms with Gasteiger partial charge in [-0.05, 0) is 48.3 Å². The molecule has 25 heavy (non-hydrogen) atoms. The third kappa shape index (κ3) is 2.77. The predicted molar refractivity (Wildman–Crippen MR) is 102 cm³/mol. The van der Waals surface area contributed by atoms with Crippen molar-refractivity contribution >= 4 is 17.0 Å². The van der Waals surface area contributed by atoms with Gasteiger partial charge in [0.1, 0.15) is 12.4 Å². The van der Waals surface area contributed by atoms with E-state index in [2.05, 4.69) is 53.2 Å². The van der Waals surface area contributed by atoms with Gasteiger partial charge in [0.15, 0.2) is 0 Å². The molecule has 4 heteroatoms. The summed E-state index contributed by atoms with van der Waals surface area (Å²) in [7, 11) is 0. The molecule has 4 atom stereocenters. The third-order valence-corrected chi connectivity index (χ3v) is 6.61. The molecule has 1 aromatic heterocycles. The number of para-hydroxylation sites is 1. The normalized spacial score (nSPS) is 29.9. The van der Waals surface area contributed by atoms with Crippen molar-refractivity contribution in [3.05, 3.63) is 58.3 Å². The number of allylic oxidation sites excluding steroid dienone is 2. The highest BCUT2D eigenvalue weighted by Gasteiger charge is 2.39. The summed E-state index contributed by atoms with van der Waals surface area (Å²) < 4.78 is 11.9. The van der Waals surface area contributed by atoms with E-state index in [0.29, 0.717) is 24.5 Å². The van der Waals surface area contributed by atoms with Gasteiger partial charge in [0.2, 0.25) is 0 Å². The van der Waals surface area contributed by atoms with E-state index in [1.54, 1.807) is 0 Å². The molecule has 3 nitrogen and oxygen atoms in total. The van der Waals surface area contributed by atoms with Gasteiger partial charge in [-0.25, -0.2) is 0 Å². The summed E-state index contributed by atoms with van der Waals surface area (Å²) in [6, 6.07) is 11.2. The summed E-state index contributed by atoms with van der Waals surface area (Å²) in [6.45, 7) is 1.51. The van der Waals surface area contributed by atoms with Crippen molar-refractivity contribution in [2.75, 3.05) is 18.5 Å². The van der Waals surface area contributed by atoms with Crippen LogP contribution in [0.15, 0.2) is 47.9 Å². The standard InChI is InChI=1S/C21H23NO2S/c1-6-15-16-8-2-9-18(24-13-14-5-3-11-23-14)20(16)22-21(17(15)7-1)19-10-4-12-25-19/h1-2,4,6,8-10,12,14-15,17,21-22H,3,5,7,11,13H2. The smallest absolute Gasteiger partial charge is 0.142 e. The molecule has 0 bridgehead atoms. The minimum absolute atomic E-state index is 0.242. The molecule has 3 aliphatic rings. The Morgan fingerprint density at radius 2 is 2.24 bits per heavy atom. The van der Waals surface area contributed by atoms with Gasteiger partial charge in [0.05, 0.1) is 17.8 Å². The molecular formula is C21H23NO2S. The van der Waals surface area contributed by atoms with E-state index in [0.717, 1.165) is 31.6 Å². The SMILES string of the molecule is C1=CC2c3cccc(OCC4CCCO4)c3NC(c3cccs3)C2C1. The summed E-state index contributed by atoms with van der Waals surface area (Å²) in [4.78, 5) is 1.42. The van der Waals surface area contributed by atoms with E-state index in [-0.39, 0.29) is 6.10 Å². The van der Waals surface area contributed by atoms with E-state index < -0.39 is 0 Å². The molecular weight excluding hydrogens is 330 g/mol. The van der Waals surface area contributed by atoms with Crippen LogP contribution in [0.4, 0.5) is 5.69 Å². The second kappa shape index (κ2) is 6.50. The van der Waals surface area contributed by atoms with E-state index in [9.17, 15) is 0 Å². The number of rotatable bonds is 4. The number of benzene rings is 1. The van der Waals surface area contributed by atoms with Gasteiger partial charge in [-0.1, -0.05) is 30.4 Å². The van der Waals surface area contributed by atoms with Crippen molar-refractivity contribution in [3.63, 3.8) is 0 Å². The fraction of sp³-hybridized carbons (Fsp3) is 0.429. The third-order valence-electron chi connectivity index (χ3n) is 5.66. The summed E-state index contributed by atoms with van der Waals surface area (Å²) in [5.74, 6) is 2.04. The van der Waals surface area contributed by atoms with E-state index in [1.165, 1.54) is 16.1 Å². The van der Waals surface area contributed by atoms with Crippen LogP contribution in [0.3, 0.4) is 0 Å². The second-order valence-electron chi connectivity index (χ2n) is 7.16. The van der Waals surface area contributed by atoms with Crippen molar-refractivity contribution < 1.29 is 9.47 Å². The molecule has 2 aromatic rings. The molecule has 3 heterocycles. The van der Waals surface area contributed by atoms with Gasteiger partial charge in [0, 0.05) is 17.4 Å². The molecule has 1 aromatic carbocycles.